The molecule has 4 nitrogen and oxygen atoms in total. The van der Waals surface area contributed by atoms with Crippen LogP contribution in [0.15, 0.2) is 42.5 Å². The molecular formula is C17H20N2O2. The van der Waals surface area contributed by atoms with Crippen molar-refractivity contribution in [2.45, 2.75) is 19.3 Å². The van der Waals surface area contributed by atoms with E-state index in [1.165, 1.54) is 0 Å². The van der Waals surface area contributed by atoms with Crippen LogP contribution in [0.5, 0.6) is 0 Å². The van der Waals surface area contributed by atoms with Crippen molar-refractivity contribution in [1.82, 2.24) is 0 Å². The second-order valence-corrected chi connectivity index (χ2v) is 5.07. The van der Waals surface area contributed by atoms with E-state index in [4.69, 9.17) is 10.8 Å². The maximum Gasteiger partial charge on any atom is 0.127 e. The molecule has 0 bridgehead atoms. The van der Waals surface area contributed by atoms with Gasteiger partial charge in [0.2, 0.25) is 0 Å². The molecule has 110 valence electrons. The number of anilines is 3. The minimum Gasteiger partial charge on any atom is -0.397 e. The molecule has 0 radical (unpaired) electrons. The largest absolute Gasteiger partial charge is 0.397 e. The van der Waals surface area contributed by atoms with E-state index in [1.54, 1.807) is 0 Å². The summed E-state index contributed by atoms with van der Waals surface area (Å²) in [7, 11) is 0. The molecule has 2 aromatic carbocycles. The standard InChI is InChI=1S/C17H20N2O2/c1-12(11-21)14-4-7-17(16(18)10-14)19-15-5-2-13(3-6-15)8-9-20/h2-7,10-12,19-20H,8-9,18H2,1H3. The van der Waals surface area contributed by atoms with Gasteiger partial charge in [0.05, 0.1) is 11.4 Å². The Kier molecular flexibility index (Phi) is 4.95. The van der Waals surface area contributed by atoms with E-state index in [0.717, 1.165) is 28.8 Å². The first-order chi connectivity index (χ1) is 10.1. The molecule has 4 N–H and O–H groups in total. The molecule has 0 fully saturated rings. The van der Waals surface area contributed by atoms with Crippen molar-refractivity contribution in [1.29, 1.82) is 0 Å². The molecule has 2 rings (SSSR count). The number of nitrogen functional groups attached to an aromatic ring is 1. The van der Waals surface area contributed by atoms with Gasteiger partial charge in [0.25, 0.3) is 0 Å². The number of nitrogens with one attached hydrogen (secondary N) is 1. The van der Waals surface area contributed by atoms with Gasteiger partial charge < -0.3 is 21.0 Å². The van der Waals surface area contributed by atoms with Crippen LogP contribution in [0.3, 0.4) is 0 Å². The predicted octanol–water partition coefficient (Wildman–Crippen LogP) is 2.85. The smallest absolute Gasteiger partial charge is 0.127 e. The summed E-state index contributed by atoms with van der Waals surface area (Å²) in [6.45, 7) is 1.99. The van der Waals surface area contributed by atoms with Gasteiger partial charge in [-0.2, -0.15) is 0 Å². The van der Waals surface area contributed by atoms with E-state index in [9.17, 15) is 4.79 Å². The summed E-state index contributed by atoms with van der Waals surface area (Å²) in [5, 5.41) is 12.1. The zero-order valence-electron chi connectivity index (χ0n) is 12.0. The molecule has 0 aromatic heterocycles. The second kappa shape index (κ2) is 6.90. The Hall–Kier alpha value is -2.33. The molecule has 0 saturated heterocycles. The molecule has 0 heterocycles. The van der Waals surface area contributed by atoms with Crippen molar-refractivity contribution in [2.75, 3.05) is 17.7 Å². The number of aliphatic hydroxyl groups excluding tert-OH is 1. The molecule has 0 spiro atoms. The van der Waals surface area contributed by atoms with E-state index in [1.807, 2.05) is 49.4 Å². The van der Waals surface area contributed by atoms with E-state index < -0.39 is 0 Å². The van der Waals surface area contributed by atoms with Crippen LogP contribution in [0.2, 0.25) is 0 Å². The van der Waals surface area contributed by atoms with Crippen molar-refractivity contribution in [3.63, 3.8) is 0 Å². The van der Waals surface area contributed by atoms with Crippen LogP contribution < -0.4 is 11.1 Å². The van der Waals surface area contributed by atoms with Crippen molar-refractivity contribution >= 4 is 23.3 Å². The van der Waals surface area contributed by atoms with Crippen molar-refractivity contribution in [3.8, 4) is 0 Å². The first-order valence-electron chi connectivity index (χ1n) is 6.95. The van der Waals surface area contributed by atoms with E-state index in [-0.39, 0.29) is 12.5 Å². The summed E-state index contributed by atoms with van der Waals surface area (Å²) >= 11 is 0. The number of carbonyl (C=O) groups excluding carboxylic acids is 1. The van der Waals surface area contributed by atoms with Crippen LogP contribution in [0.25, 0.3) is 0 Å². The maximum absolute atomic E-state index is 10.8. The first kappa shape index (κ1) is 15.1. The third-order valence-electron chi connectivity index (χ3n) is 3.44. The SMILES string of the molecule is CC(C=O)c1ccc(Nc2ccc(CCO)cc2)c(N)c1. The van der Waals surface area contributed by atoms with Crippen LogP contribution in [-0.4, -0.2) is 18.0 Å². The van der Waals surface area contributed by atoms with Crippen LogP contribution in [0, 0.1) is 0 Å². The fourth-order valence-electron chi connectivity index (χ4n) is 2.10. The molecular weight excluding hydrogens is 264 g/mol. The Labute approximate surface area is 124 Å². The Bertz CT molecular complexity index is 609. The molecule has 1 unspecified atom stereocenters. The summed E-state index contributed by atoms with van der Waals surface area (Å²) < 4.78 is 0. The van der Waals surface area contributed by atoms with Gasteiger partial charge >= 0.3 is 0 Å². The van der Waals surface area contributed by atoms with Crippen LogP contribution in [0.4, 0.5) is 17.1 Å². The lowest BCUT2D eigenvalue weighted by molar-refractivity contribution is -0.108. The highest BCUT2D eigenvalue weighted by Gasteiger charge is 2.07. The number of nitrogens with two attached hydrogens (primary N) is 1. The zero-order valence-corrected chi connectivity index (χ0v) is 12.0. The number of hydrogen-bond donors (Lipinski definition) is 3. The Morgan fingerprint density at radius 2 is 1.95 bits per heavy atom. The number of aldehydes is 1. The highest BCUT2D eigenvalue weighted by molar-refractivity contribution is 5.74. The summed E-state index contributed by atoms with van der Waals surface area (Å²) in [5.41, 5.74) is 10.4. The minimum absolute atomic E-state index is 0.149. The molecule has 2 aromatic rings. The second-order valence-electron chi connectivity index (χ2n) is 5.07. The number of benzene rings is 2. The zero-order chi connectivity index (χ0) is 15.2. The number of rotatable bonds is 6. The van der Waals surface area contributed by atoms with Crippen LogP contribution in [0.1, 0.15) is 24.0 Å². The van der Waals surface area contributed by atoms with Crippen molar-refractivity contribution in [3.05, 3.63) is 53.6 Å². The minimum atomic E-state index is -0.154. The lowest BCUT2D eigenvalue weighted by atomic mass is 10.0. The molecule has 0 aliphatic rings. The molecule has 0 saturated carbocycles. The van der Waals surface area contributed by atoms with Gasteiger partial charge in [-0.25, -0.2) is 0 Å². The normalized spacial score (nSPS) is 11.9. The van der Waals surface area contributed by atoms with Gasteiger partial charge in [-0.1, -0.05) is 25.1 Å². The molecule has 1 atom stereocenters. The average molecular weight is 284 g/mol. The van der Waals surface area contributed by atoms with Gasteiger partial charge in [0.15, 0.2) is 0 Å². The van der Waals surface area contributed by atoms with E-state index in [2.05, 4.69) is 5.32 Å². The molecule has 0 aliphatic carbocycles. The van der Waals surface area contributed by atoms with Gasteiger partial charge in [0.1, 0.15) is 6.29 Å². The number of hydrogen-bond acceptors (Lipinski definition) is 4. The Morgan fingerprint density at radius 3 is 2.52 bits per heavy atom. The van der Waals surface area contributed by atoms with Gasteiger partial charge in [-0.05, 0) is 41.8 Å². The summed E-state index contributed by atoms with van der Waals surface area (Å²) in [4.78, 5) is 10.8. The lowest BCUT2D eigenvalue weighted by Gasteiger charge is -2.12. The van der Waals surface area contributed by atoms with Crippen molar-refractivity contribution < 1.29 is 9.90 Å². The van der Waals surface area contributed by atoms with Gasteiger partial charge in [0, 0.05) is 18.2 Å². The summed E-state index contributed by atoms with van der Waals surface area (Å²) in [6.07, 6.45) is 1.56. The molecule has 21 heavy (non-hydrogen) atoms. The fraction of sp³-hybridized carbons (Fsp3) is 0.235. The Balaban J connectivity index is 2.14. The molecule has 4 heteroatoms. The van der Waals surface area contributed by atoms with Crippen molar-refractivity contribution in [2.24, 2.45) is 0 Å². The Morgan fingerprint density at radius 1 is 1.24 bits per heavy atom. The number of aliphatic hydroxyl groups is 1. The third kappa shape index (κ3) is 3.83. The quantitative estimate of drug-likeness (QED) is 0.563. The van der Waals surface area contributed by atoms with Crippen LogP contribution >= 0.6 is 0 Å². The van der Waals surface area contributed by atoms with E-state index >= 15 is 0 Å². The summed E-state index contributed by atoms with van der Waals surface area (Å²) in [6, 6.07) is 13.4. The van der Waals surface area contributed by atoms with Gasteiger partial charge in [-0.3, -0.25) is 0 Å². The first-order valence-corrected chi connectivity index (χ1v) is 6.95. The monoisotopic (exact) mass is 284 g/mol. The van der Waals surface area contributed by atoms with Gasteiger partial charge in [-0.15, -0.1) is 0 Å². The third-order valence-corrected chi connectivity index (χ3v) is 3.44. The molecule has 0 aliphatic heterocycles. The van der Waals surface area contributed by atoms with Crippen LogP contribution in [-0.2, 0) is 11.2 Å². The van der Waals surface area contributed by atoms with E-state index in [0.29, 0.717) is 12.1 Å². The predicted molar refractivity (Wildman–Crippen MR) is 85.8 cm³/mol. The maximum atomic E-state index is 10.8. The number of carbonyl (C=O) groups is 1. The lowest BCUT2D eigenvalue weighted by Crippen LogP contribution is -2.00. The molecule has 0 amide bonds. The average Bonchev–Trinajstić information content (AvgIpc) is 2.50. The summed E-state index contributed by atoms with van der Waals surface area (Å²) in [5.74, 6) is -0.154. The highest BCUT2D eigenvalue weighted by Crippen LogP contribution is 2.26. The highest BCUT2D eigenvalue weighted by atomic mass is 16.2. The topological polar surface area (TPSA) is 75.3 Å². The fourth-order valence-corrected chi connectivity index (χ4v) is 2.10.